The van der Waals surface area contributed by atoms with Crippen molar-refractivity contribution in [1.29, 1.82) is 0 Å². The molecule has 2 heterocycles. The molecule has 5 nitrogen and oxygen atoms in total. The standard InChI is InChI=1S/C22H20N4O/c1-15-20(17(3)25(23-15)18-10-6-4-7-11-18)14-21-16(2)24-26(22(21)27)19-12-8-5-9-13-19/h4-14H,1-3H3/b21-14+. The van der Waals surface area contributed by atoms with Gasteiger partial charge < -0.3 is 0 Å². The molecule has 0 N–H and O–H groups in total. The first-order valence-electron chi connectivity index (χ1n) is 8.84. The lowest BCUT2D eigenvalue weighted by Crippen LogP contribution is -2.21. The Morgan fingerprint density at radius 1 is 0.852 bits per heavy atom. The van der Waals surface area contributed by atoms with Crippen LogP contribution >= 0.6 is 0 Å². The van der Waals surface area contributed by atoms with Gasteiger partial charge in [0.2, 0.25) is 0 Å². The van der Waals surface area contributed by atoms with E-state index in [1.54, 1.807) is 0 Å². The molecule has 2 aromatic carbocycles. The number of amides is 1. The SMILES string of the molecule is CC1=NN(c2ccccc2)C(=O)/C1=C/c1c(C)nn(-c2ccccc2)c1C. The number of carbonyl (C=O) groups excluding carboxylic acids is 1. The second kappa shape index (κ2) is 6.68. The molecule has 0 aliphatic carbocycles. The van der Waals surface area contributed by atoms with Crippen LogP contribution in [-0.4, -0.2) is 21.4 Å². The fraction of sp³-hybridized carbons (Fsp3) is 0.136. The van der Waals surface area contributed by atoms with Gasteiger partial charge >= 0.3 is 0 Å². The van der Waals surface area contributed by atoms with Crippen molar-refractivity contribution in [3.63, 3.8) is 0 Å². The van der Waals surface area contributed by atoms with Crippen LogP contribution in [0.1, 0.15) is 23.9 Å². The van der Waals surface area contributed by atoms with Gasteiger partial charge in [0.15, 0.2) is 0 Å². The average molecular weight is 356 g/mol. The molecule has 1 aliphatic rings. The first-order chi connectivity index (χ1) is 13.1. The van der Waals surface area contributed by atoms with E-state index in [4.69, 9.17) is 0 Å². The van der Waals surface area contributed by atoms with Crippen molar-refractivity contribution in [1.82, 2.24) is 9.78 Å². The van der Waals surface area contributed by atoms with Gasteiger partial charge in [-0.1, -0.05) is 36.4 Å². The van der Waals surface area contributed by atoms with Crippen LogP contribution in [0.5, 0.6) is 0 Å². The summed E-state index contributed by atoms with van der Waals surface area (Å²) in [5.41, 5.74) is 5.88. The zero-order chi connectivity index (χ0) is 19.0. The summed E-state index contributed by atoms with van der Waals surface area (Å²) in [6.07, 6.45) is 1.90. The largest absolute Gasteiger partial charge is 0.280 e. The molecule has 3 aromatic rings. The van der Waals surface area contributed by atoms with Crippen molar-refractivity contribution in [2.75, 3.05) is 5.01 Å². The van der Waals surface area contributed by atoms with E-state index in [9.17, 15) is 4.79 Å². The molecule has 1 aromatic heterocycles. The minimum atomic E-state index is -0.120. The Bertz CT molecular complexity index is 1060. The molecule has 27 heavy (non-hydrogen) atoms. The van der Waals surface area contributed by atoms with E-state index in [1.165, 1.54) is 5.01 Å². The van der Waals surface area contributed by atoms with Crippen molar-refractivity contribution in [2.45, 2.75) is 20.8 Å². The van der Waals surface area contributed by atoms with Crippen molar-refractivity contribution in [3.05, 3.63) is 83.2 Å². The van der Waals surface area contributed by atoms with Crippen LogP contribution in [-0.2, 0) is 4.79 Å². The van der Waals surface area contributed by atoms with Gasteiger partial charge in [0.1, 0.15) is 0 Å². The summed E-state index contributed by atoms with van der Waals surface area (Å²) in [4.78, 5) is 12.9. The average Bonchev–Trinajstić information content (AvgIpc) is 3.14. The highest BCUT2D eigenvalue weighted by molar-refractivity contribution is 6.32. The molecule has 0 unspecified atom stereocenters. The number of rotatable bonds is 3. The molecule has 5 heteroatoms. The number of anilines is 1. The number of benzene rings is 2. The Labute approximate surface area is 158 Å². The lowest BCUT2D eigenvalue weighted by atomic mass is 10.1. The predicted octanol–water partition coefficient (Wildman–Crippen LogP) is 4.30. The molecular weight excluding hydrogens is 336 g/mol. The van der Waals surface area contributed by atoms with Gasteiger partial charge in [-0.3, -0.25) is 4.79 Å². The van der Waals surface area contributed by atoms with Crippen molar-refractivity contribution in [2.24, 2.45) is 5.10 Å². The summed E-state index contributed by atoms with van der Waals surface area (Å²) >= 11 is 0. The van der Waals surface area contributed by atoms with E-state index in [1.807, 2.05) is 92.2 Å². The minimum absolute atomic E-state index is 0.120. The second-order valence-electron chi connectivity index (χ2n) is 6.53. The molecule has 4 rings (SSSR count). The summed E-state index contributed by atoms with van der Waals surface area (Å²) < 4.78 is 1.91. The van der Waals surface area contributed by atoms with Crippen molar-refractivity contribution in [3.8, 4) is 5.69 Å². The van der Waals surface area contributed by atoms with Gasteiger partial charge in [0.25, 0.3) is 5.91 Å². The van der Waals surface area contributed by atoms with E-state index >= 15 is 0 Å². The Balaban J connectivity index is 1.74. The summed E-state index contributed by atoms with van der Waals surface area (Å²) in [5.74, 6) is -0.120. The third-order valence-corrected chi connectivity index (χ3v) is 4.70. The maximum absolute atomic E-state index is 12.9. The lowest BCUT2D eigenvalue weighted by Gasteiger charge is -2.11. The smallest absolute Gasteiger partial charge is 0.267 e. The molecule has 0 radical (unpaired) electrons. The monoisotopic (exact) mass is 356 g/mol. The fourth-order valence-electron chi connectivity index (χ4n) is 3.26. The maximum Gasteiger partial charge on any atom is 0.280 e. The molecule has 1 aliphatic heterocycles. The maximum atomic E-state index is 12.9. The number of nitrogens with zero attached hydrogens (tertiary/aromatic N) is 4. The Kier molecular flexibility index (Phi) is 4.20. The fourth-order valence-corrected chi connectivity index (χ4v) is 3.26. The van der Waals surface area contributed by atoms with E-state index in [2.05, 4.69) is 10.2 Å². The van der Waals surface area contributed by atoms with Crippen LogP contribution < -0.4 is 5.01 Å². The van der Waals surface area contributed by atoms with Gasteiger partial charge in [-0.25, -0.2) is 4.68 Å². The molecule has 0 atom stereocenters. The summed E-state index contributed by atoms with van der Waals surface area (Å²) in [6.45, 7) is 5.83. The van der Waals surface area contributed by atoms with Gasteiger partial charge in [-0.2, -0.15) is 15.2 Å². The molecule has 0 bridgehead atoms. The molecule has 134 valence electrons. The predicted molar refractivity (Wildman–Crippen MR) is 108 cm³/mol. The summed E-state index contributed by atoms with van der Waals surface area (Å²) in [6, 6.07) is 19.4. The van der Waals surface area contributed by atoms with Crippen LogP contribution in [0.2, 0.25) is 0 Å². The van der Waals surface area contributed by atoms with Crippen molar-refractivity contribution < 1.29 is 4.79 Å². The number of aromatic nitrogens is 2. The number of hydrazone groups is 1. The van der Waals surface area contributed by atoms with E-state index in [0.29, 0.717) is 11.3 Å². The second-order valence-corrected chi connectivity index (χ2v) is 6.53. The number of para-hydroxylation sites is 2. The van der Waals surface area contributed by atoms with Crippen LogP contribution in [0.15, 0.2) is 71.3 Å². The molecule has 0 saturated carbocycles. The Morgan fingerprint density at radius 2 is 1.44 bits per heavy atom. The van der Waals surface area contributed by atoms with Crippen molar-refractivity contribution >= 4 is 23.4 Å². The third kappa shape index (κ3) is 2.97. The van der Waals surface area contributed by atoms with E-state index < -0.39 is 0 Å². The zero-order valence-corrected chi connectivity index (χ0v) is 15.5. The highest BCUT2D eigenvalue weighted by atomic mass is 16.2. The molecule has 0 saturated heterocycles. The number of hydrogen-bond acceptors (Lipinski definition) is 3. The van der Waals surface area contributed by atoms with Crippen LogP contribution in [0.3, 0.4) is 0 Å². The molecule has 0 fully saturated rings. The van der Waals surface area contributed by atoms with Crippen LogP contribution in [0.25, 0.3) is 11.8 Å². The van der Waals surface area contributed by atoms with E-state index in [-0.39, 0.29) is 5.91 Å². The highest BCUT2D eigenvalue weighted by Gasteiger charge is 2.29. The number of aryl methyl sites for hydroxylation is 1. The summed E-state index contributed by atoms with van der Waals surface area (Å²) in [5, 5.41) is 10.6. The Hall–Kier alpha value is -3.47. The minimum Gasteiger partial charge on any atom is -0.267 e. The van der Waals surface area contributed by atoms with Gasteiger partial charge in [-0.05, 0) is 51.1 Å². The first-order valence-corrected chi connectivity index (χ1v) is 8.84. The lowest BCUT2D eigenvalue weighted by molar-refractivity contribution is -0.114. The third-order valence-electron chi connectivity index (χ3n) is 4.70. The van der Waals surface area contributed by atoms with Gasteiger partial charge in [0, 0.05) is 11.3 Å². The zero-order valence-electron chi connectivity index (χ0n) is 15.5. The summed E-state index contributed by atoms with van der Waals surface area (Å²) in [7, 11) is 0. The normalized spacial score (nSPS) is 15.5. The van der Waals surface area contributed by atoms with E-state index in [0.717, 1.165) is 28.3 Å². The topological polar surface area (TPSA) is 50.5 Å². The van der Waals surface area contributed by atoms with Crippen LogP contribution in [0.4, 0.5) is 5.69 Å². The van der Waals surface area contributed by atoms with Gasteiger partial charge in [0.05, 0.1) is 28.4 Å². The van der Waals surface area contributed by atoms with Crippen LogP contribution in [0, 0.1) is 13.8 Å². The molecule has 1 amide bonds. The molecule has 0 spiro atoms. The highest BCUT2D eigenvalue weighted by Crippen LogP contribution is 2.27. The quantitative estimate of drug-likeness (QED) is 0.657. The molecular formula is C22H20N4O. The first kappa shape index (κ1) is 17.0. The number of carbonyl (C=O) groups is 1. The Morgan fingerprint density at radius 3 is 2.07 bits per heavy atom. The van der Waals surface area contributed by atoms with Gasteiger partial charge in [-0.15, -0.1) is 0 Å². The number of hydrogen-bond donors (Lipinski definition) is 0.